The van der Waals surface area contributed by atoms with Gasteiger partial charge >= 0.3 is 6.18 Å². The van der Waals surface area contributed by atoms with Crippen LogP contribution in [0.3, 0.4) is 0 Å². The Kier molecular flexibility index (Phi) is 6.53. The van der Waals surface area contributed by atoms with Crippen molar-refractivity contribution < 1.29 is 27.4 Å². The second-order valence-electron chi connectivity index (χ2n) is 3.84. The molecule has 5 nitrogen and oxygen atoms in total. The molecule has 0 saturated heterocycles. The summed E-state index contributed by atoms with van der Waals surface area (Å²) in [6, 6.07) is 1.66. The average Bonchev–Trinajstić information content (AvgIpc) is 2.40. The summed E-state index contributed by atoms with van der Waals surface area (Å²) < 4.78 is 50.3. The molecule has 1 aromatic rings. The van der Waals surface area contributed by atoms with Crippen molar-refractivity contribution in [3.8, 4) is 11.5 Å². The summed E-state index contributed by atoms with van der Waals surface area (Å²) in [5.74, 6) is 1.05. The number of ether oxygens (including phenoxy) is 3. The zero-order valence-corrected chi connectivity index (χ0v) is 11.3. The van der Waals surface area contributed by atoms with E-state index in [4.69, 9.17) is 9.47 Å². The van der Waals surface area contributed by atoms with Gasteiger partial charge < -0.3 is 19.5 Å². The third-order valence-corrected chi connectivity index (χ3v) is 2.35. The molecule has 1 heterocycles. The van der Waals surface area contributed by atoms with Crippen molar-refractivity contribution in [1.29, 1.82) is 0 Å². The van der Waals surface area contributed by atoms with Gasteiger partial charge in [0.05, 0.1) is 26.5 Å². The summed E-state index contributed by atoms with van der Waals surface area (Å²) in [7, 11) is 3.01. The van der Waals surface area contributed by atoms with E-state index in [1.54, 1.807) is 12.3 Å². The molecule has 0 atom stereocenters. The molecule has 0 aliphatic carbocycles. The van der Waals surface area contributed by atoms with Crippen LogP contribution in [0.4, 0.5) is 13.2 Å². The molecular formula is C12H17F3N2O3. The van der Waals surface area contributed by atoms with Gasteiger partial charge in [-0.2, -0.15) is 13.2 Å². The standard InChI is InChI=1S/C12H17F3N2O3/c1-18-10-3-4-17-9(11(10)19-2)7-16-5-6-20-8-12(13,14)15/h3-4,16H,5-8H2,1-2H3. The number of hydrogen-bond donors (Lipinski definition) is 1. The van der Waals surface area contributed by atoms with Crippen LogP contribution >= 0.6 is 0 Å². The van der Waals surface area contributed by atoms with Crippen molar-refractivity contribution >= 4 is 0 Å². The van der Waals surface area contributed by atoms with E-state index in [1.165, 1.54) is 14.2 Å². The van der Waals surface area contributed by atoms with Gasteiger partial charge in [-0.15, -0.1) is 0 Å². The minimum atomic E-state index is -4.29. The lowest BCUT2D eigenvalue weighted by atomic mass is 10.3. The van der Waals surface area contributed by atoms with Gasteiger partial charge in [0.2, 0.25) is 0 Å². The lowest BCUT2D eigenvalue weighted by Gasteiger charge is -2.12. The number of methoxy groups -OCH3 is 2. The normalized spacial score (nSPS) is 11.4. The Morgan fingerprint density at radius 2 is 2.00 bits per heavy atom. The fourth-order valence-electron chi connectivity index (χ4n) is 1.52. The van der Waals surface area contributed by atoms with E-state index in [1.807, 2.05) is 0 Å². The lowest BCUT2D eigenvalue weighted by Crippen LogP contribution is -2.24. The van der Waals surface area contributed by atoms with Crippen molar-refractivity contribution in [3.05, 3.63) is 18.0 Å². The van der Waals surface area contributed by atoms with Gasteiger partial charge in [-0.3, -0.25) is 4.98 Å². The highest BCUT2D eigenvalue weighted by atomic mass is 19.4. The molecule has 0 unspecified atom stereocenters. The molecule has 0 spiro atoms. The van der Waals surface area contributed by atoms with E-state index in [0.29, 0.717) is 23.7 Å². The molecule has 0 aliphatic rings. The summed E-state index contributed by atoms with van der Waals surface area (Å²) in [5, 5.41) is 2.92. The molecule has 0 saturated carbocycles. The molecule has 20 heavy (non-hydrogen) atoms. The van der Waals surface area contributed by atoms with Crippen LogP contribution in [0.1, 0.15) is 5.69 Å². The van der Waals surface area contributed by atoms with Crippen LogP contribution in [0.25, 0.3) is 0 Å². The minimum absolute atomic E-state index is 0.0359. The fourth-order valence-corrected chi connectivity index (χ4v) is 1.52. The molecule has 0 fully saturated rings. The molecule has 1 rings (SSSR count). The highest BCUT2D eigenvalue weighted by Crippen LogP contribution is 2.28. The second-order valence-corrected chi connectivity index (χ2v) is 3.84. The van der Waals surface area contributed by atoms with Crippen molar-refractivity contribution in [2.45, 2.75) is 12.7 Å². The Bertz CT molecular complexity index is 413. The van der Waals surface area contributed by atoms with Crippen molar-refractivity contribution in [2.75, 3.05) is 34.0 Å². The minimum Gasteiger partial charge on any atom is -0.493 e. The SMILES string of the molecule is COc1ccnc(CNCCOCC(F)(F)F)c1OC. The predicted octanol–water partition coefficient (Wildman–Crippen LogP) is 1.77. The van der Waals surface area contributed by atoms with Crippen LogP contribution in [-0.4, -0.2) is 45.1 Å². The summed E-state index contributed by atoms with van der Waals surface area (Å²) in [6.07, 6.45) is -2.73. The van der Waals surface area contributed by atoms with Gasteiger partial charge in [0.25, 0.3) is 0 Å². The van der Waals surface area contributed by atoms with Crippen LogP contribution in [0, 0.1) is 0 Å². The smallest absolute Gasteiger partial charge is 0.411 e. The first kappa shape index (κ1) is 16.5. The monoisotopic (exact) mass is 294 g/mol. The van der Waals surface area contributed by atoms with E-state index in [9.17, 15) is 13.2 Å². The quantitative estimate of drug-likeness (QED) is 0.741. The van der Waals surface area contributed by atoms with Gasteiger partial charge in [-0.05, 0) is 0 Å². The molecule has 0 aromatic carbocycles. The first-order valence-electron chi connectivity index (χ1n) is 5.89. The highest BCUT2D eigenvalue weighted by molar-refractivity contribution is 5.42. The third kappa shape index (κ3) is 5.62. The molecule has 1 N–H and O–H groups in total. The van der Waals surface area contributed by atoms with Gasteiger partial charge in [-0.1, -0.05) is 0 Å². The summed E-state index contributed by atoms with van der Waals surface area (Å²) >= 11 is 0. The maximum atomic E-state index is 11.8. The highest BCUT2D eigenvalue weighted by Gasteiger charge is 2.27. The van der Waals surface area contributed by atoms with Crippen LogP contribution < -0.4 is 14.8 Å². The van der Waals surface area contributed by atoms with Gasteiger partial charge in [-0.25, -0.2) is 0 Å². The van der Waals surface area contributed by atoms with Crippen molar-refractivity contribution in [3.63, 3.8) is 0 Å². The molecule has 0 amide bonds. The number of alkyl halides is 3. The lowest BCUT2D eigenvalue weighted by molar-refractivity contribution is -0.173. The van der Waals surface area contributed by atoms with E-state index in [-0.39, 0.29) is 13.2 Å². The molecule has 1 aromatic heterocycles. The largest absolute Gasteiger partial charge is 0.493 e. The zero-order valence-electron chi connectivity index (χ0n) is 11.3. The Morgan fingerprint density at radius 1 is 1.25 bits per heavy atom. The zero-order chi connectivity index (χ0) is 15.0. The average molecular weight is 294 g/mol. The van der Waals surface area contributed by atoms with E-state index < -0.39 is 12.8 Å². The molecule has 0 radical (unpaired) electrons. The number of aromatic nitrogens is 1. The van der Waals surface area contributed by atoms with E-state index in [0.717, 1.165) is 0 Å². The van der Waals surface area contributed by atoms with Crippen LogP contribution in [-0.2, 0) is 11.3 Å². The Morgan fingerprint density at radius 3 is 2.60 bits per heavy atom. The topological polar surface area (TPSA) is 52.6 Å². The van der Waals surface area contributed by atoms with Crippen molar-refractivity contribution in [1.82, 2.24) is 10.3 Å². The van der Waals surface area contributed by atoms with Gasteiger partial charge in [0.1, 0.15) is 6.61 Å². The van der Waals surface area contributed by atoms with Gasteiger partial charge in [0, 0.05) is 25.4 Å². The van der Waals surface area contributed by atoms with Gasteiger partial charge in [0.15, 0.2) is 11.5 Å². The number of hydrogen-bond acceptors (Lipinski definition) is 5. The summed E-state index contributed by atoms with van der Waals surface area (Å²) in [4.78, 5) is 4.13. The number of pyridine rings is 1. The van der Waals surface area contributed by atoms with Crippen LogP contribution in [0.2, 0.25) is 0 Å². The van der Waals surface area contributed by atoms with E-state index >= 15 is 0 Å². The summed E-state index contributed by atoms with van der Waals surface area (Å²) in [5.41, 5.74) is 0.614. The molecule has 0 bridgehead atoms. The van der Waals surface area contributed by atoms with E-state index in [2.05, 4.69) is 15.0 Å². The molecule has 0 aliphatic heterocycles. The second kappa shape index (κ2) is 7.91. The molecule has 8 heteroatoms. The maximum Gasteiger partial charge on any atom is 0.411 e. The first-order valence-corrected chi connectivity index (χ1v) is 5.89. The fraction of sp³-hybridized carbons (Fsp3) is 0.583. The third-order valence-electron chi connectivity index (χ3n) is 2.35. The Balaban J connectivity index is 2.35. The molecule has 114 valence electrons. The number of halogens is 3. The number of nitrogens with one attached hydrogen (secondary N) is 1. The van der Waals surface area contributed by atoms with Crippen molar-refractivity contribution in [2.24, 2.45) is 0 Å². The Labute approximate surface area is 115 Å². The summed E-state index contributed by atoms with van der Waals surface area (Å²) in [6.45, 7) is -0.658. The molecular weight excluding hydrogens is 277 g/mol. The van der Waals surface area contributed by atoms with Crippen LogP contribution in [0.15, 0.2) is 12.3 Å². The Hall–Kier alpha value is -1.54. The first-order chi connectivity index (χ1) is 9.48. The predicted molar refractivity (Wildman–Crippen MR) is 65.9 cm³/mol. The van der Waals surface area contributed by atoms with Crippen LogP contribution in [0.5, 0.6) is 11.5 Å². The maximum absolute atomic E-state index is 11.8. The number of nitrogens with zero attached hydrogens (tertiary/aromatic N) is 1. The number of rotatable bonds is 8.